The number of nitro benzene ring substituents is 1. The van der Waals surface area contributed by atoms with Crippen LogP contribution in [0.3, 0.4) is 0 Å². The van der Waals surface area contributed by atoms with Crippen LogP contribution in [0.25, 0.3) is 0 Å². The minimum atomic E-state index is -4.52. The Hall–Kier alpha value is -2.89. The Kier molecular flexibility index (Phi) is 11.2. The fourth-order valence-corrected chi connectivity index (χ4v) is 5.26. The summed E-state index contributed by atoms with van der Waals surface area (Å²) < 4.78 is 51.6. The summed E-state index contributed by atoms with van der Waals surface area (Å²) in [7, 11) is -4.52. The lowest BCUT2D eigenvalue weighted by molar-refractivity contribution is -0.387. The van der Waals surface area contributed by atoms with Crippen molar-refractivity contribution in [2.75, 3.05) is 26.4 Å². The maximum atomic E-state index is 13.7. The highest BCUT2D eigenvalue weighted by atomic mass is 32.2. The van der Waals surface area contributed by atoms with Gasteiger partial charge in [0.05, 0.1) is 18.2 Å². The van der Waals surface area contributed by atoms with Gasteiger partial charge in [-0.3, -0.25) is 19.3 Å². The molecule has 0 fully saturated rings. The van der Waals surface area contributed by atoms with Gasteiger partial charge in [0.25, 0.3) is 15.7 Å². The first-order chi connectivity index (χ1) is 16.7. The summed E-state index contributed by atoms with van der Waals surface area (Å²) in [5, 5.41) is 11.5. The Morgan fingerprint density at radius 2 is 1.77 bits per heavy atom. The zero-order valence-corrected chi connectivity index (χ0v) is 20.7. The van der Waals surface area contributed by atoms with Crippen LogP contribution in [0.2, 0.25) is 0 Å². The molecule has 0 amide bonds. The van der Waals surface area contributed by atoms with E-state index in [1.165, 1.54) is 12.1 Å². The van der Waals surface area contributed by atoms with E-state index in [1.54, 1.807) is 38.1 Å². The fraction of sp³-hybridized carbons (Fsp3) is 0.458. The Morgan fingerprint density at radius 3 is 2.40 bits per heavy atom. The number of nitrogens with zero attached hydrogens (tertiary/aromatic N) is 2. The number of benzene rings is 2. The molecule has 0 radical (unpaired) electrons. The second-order valence-electron chi connectivity index (χ2n) is 7.92. The summed E-state index contributed by atoms with van der Waals surface area (Å²) in [6, 6.07) is 12.6. The van der Waals surface area contributed by atoms with Crippen LogP contribution in [0.15, 0.2) is 59.5 Å². The fourth-order valence-electron chi connectivity index (χ4n) is 3.45. The molecule has 2 rings (SSSR count). The van der Waals surface area contributed by atoms with Gasteiger partial charge in [-0.2, -0.15) is 4.31 Å². The van der Waals surface area contributed by atoms with Crippen molar-refractivity contribution in [3.63, 3.8) is 0 Å². The van der Waals surface area contributed by atoms with Crippen molar-refractivity contribution in [3.05, 3.63) is 70.3 Å². The van der Waals surface area contributed by atoms with Crippen LogP contribution < -0.4 is 0 Å². The molecule has 2 aromatic rings. The summed E-state index contributed by atoms with van der Waals surface area (Å²) in [6.45, 7) is 2.55. The molecule has 192 valence electrons. The largest absolute Gasteiger partial charge is 0.460 e. The standard InChI is InChI=1S/C24H31FN2O7S/c1-3-19(2)23(24(28)34-18-20-10-5-4-6-11-20)26(15-17-33-16-9-14-25)35(31,32)22-13-8-7-12-21(22)27(29)30/h4-8,10-13,19,23H,3,9,14-18H2,1-2H3. The van der Waals surface area contributed by atoms with Gasteiger partial charge in [0.1, 0.15) is 12.6 Å². The van der Waals surface area contributed by atoms with Gasteiger partial charge < -0.3 is 9.47 Å². The van der Waals surface area contributed by atoms with Crippen molar-refractivity contribution in [2.45, 2.75) is 44.2 Å². The van der Waals surface area contributed by atoms with E-state index in [4.69, 9.17) is 9.47 Å². The molecular weight excluding hydrogens is 479 g/mol. The molecule has 2 unspecified atom stereocenters. The molecule has 0 saturated heterocycles. The Bertz CT molecular complexity index is 1070. The number of sulfonamides is 1. The SMILES string of the molecule is CCC(C)C(C(=O)OCc1ccccc1)N(CCOCCCF)S(=O)(=O)c1ccccc1[N+](=O)[O-]. The van der Waals surface area contributed by atoms with Gasteiger partial charge in [-0.15, -0.1) is 0 Å². The molecule has 0 spiro atoms. The van der Waals surface area contributed by atoms with Crippen LogP contribution in [0.5, 0.6) is 0 Å². The summed E-state index contributed by atoms with van der Waals surface area (Å²) in [5.74, 6) is -1.24. The third kappa shape index (κ3) is 7.81. The van der Waals surface area contributed by atoms with Crippen LogP contribution in [-0.4, -0.2) is 56.1 Å². The Morgan fingerprint density at radius 1 is 1.11 bits per heavy atom. The summed E-state index contributed by atoms with van der Waals surface area (Å²) in [4.78, 5) is 23.5. The van der Waals surface area contributed by atoms with Crippen molar-refractivity contribution in [1.29, 1.82) is 0 Å². The molecule has 9 nitrogen and oxygen atoms in total. The maximum Gasteiger partial charge on any atom is 0.325 e. The maximum absolute atomic E-state index is 13.7. The third-order valence-electron chi connectivity index (χ3n) is 5.49. The van der Waals surface area contributed by atoms with E-state index in [1.807, 2.05) is 6.07 Å². The van der Waals surface area contributed by atoms with Crippen molar-refractivity contribution < 1.29 is 32.0 Å². The van der Waals surface area contributed by atoms with Crippen LogP contribution in [0.4, 0.5) is 10.1 Å². The summed E-state index contributed by atoms with van der Waals surface area (Å²) in [6.07, 6.45) is 0.585. The van der Waals surface area contributed by atoms with E-state index < -0.39 is 50.1 Å². The van der Waals surface area contributed by atoms with E-state index in [9.17, 15) is 27.7 Å². The third-order valence-corrected chi connectivity index (χ3v) is 7.41. The molecule has 0 aliphatic rings. The molecule has 0 aliphatic carbocycles. The van der Waals surface area contributed by atoms with E-state index in [0.29, 0.717) is 6.42 Å². The van der Waals surface area contributed by atoms with E-state index in [-0.39, 0.29) is 32.8 Å². The second-order valence-corrected chi connectivity index (χ2v) is 9.78. The molecule has 11 heteroatoms. The lowest BCUT2D eigenvalue weighted by atomic mass is 9.99. The molecule has 2 atom stereocenters. The first kappa shape index (κ1) is 28.3. The number of carbonyl (C=O) groups is 1. The normalized spacial score (nSPS) is 13.4. The average Bonchev–Trinajstić information content (AvgIpc) is 2.86. The van der Waals surface area contributed by atoms with Gasteiger partial charge in [0, 0.05) is 19.2 Å². The van der Waals surface area contributed by atoms with Gasteiger partial charge in [0.2, 0.25) is 0 Å². The molecule has 0 bridgehead atoms. The lowest BCUT2D eigenvalue weighted by Gasteiger charge is -2.32. The topological polar surface area (TPSA) is 116 Å². The number of esters is 1. The van der Waals surface area contributed by atoms with Gasteiger partial charge in [-0.25, -0.2) is 8.42 Å². The molecule has 0 saturated carbocycles. The molecule has 2 aromatic carbocycles. The second kappa shape index (κ2) is 13.9. The van der Waals surface area contributed by atoms with Gasteiger partial charge in [-0.1, -0.05) is 62.7 Å². The number of alkyl halides is 1. The van der Waals surface area contributed by atoms with Gasteiger partial charge in [0.15, 0.2) is 4.90 Å². The van der Waals surface area contributed by atoms with Gasteiger partial charge in [-0.05, 0) is 24.0 Å². The predicted molar refractivity (Wildman–Crippen MR) is 128 cm³/mol. The molecule has 0 aliphatic heterocycles. The number of para-hydroxylation sites is 1. The number of halogens is 1. The van der Waals surface area contributed by atoms with Gasteiger partial charge >= 0.3 is 5.97 Å². The highest BCUT2D eigenvalue weighted by molar-refractivity contribution is 7.89. The summed E-state index contributed by atoms with van der Waals surface area (Å²) >= 11 is 0. The molecule has 0 heterocycles. The first-order valence-electron chi connectivity index (χ1n) is 11.3. The number of hydrogen-bond acceptors (Lipinski definition) is 7. The molecule has 0 aromatic heterocycles. The van der Waals surface area contributed by atoms with Crippen LogP contribution in [0, 0.1) is 16.0 Å². The van der Waals surface area contributed by atoms with Crippen LogP contribution in [0.1, 0.15) is 32.3 Å². The van der Waals surface area contributed by atoms with Crippen LogP contribution >= 0.6 is 0 Å². The number of rotatable bonds is 15. The number of nitro groups is 1. The Labute approximate surface area is 205 Å². The quantitative estimate of drug-likeness (QED) is 0.153. The monoisotopic (exact) mass is 510 g/mol. The summed E-state index contributed by atoms with van der Waals surface area (Å²) in [5.41, 5.74) is 0.128. The zero-order chi connectivity index (χ0) is 25.8. The van der Waals surface area contributed by atoms with Crippen molar-refractivity contribution in [2.24, 2.45) is 5.92 Å². The molecule has 0 N–H and O–H groups in total. The minimum Gasteiger partial charge on any atom is -0.460 e. The average molecular weight is 511 g/mol. The lowest BCUT2D eigenvalue weighted by Crippen LogP contribution is -2.50. The van der Waals surface area contributed by atoms with E-state index >= 15 is 0 Å². The van der Waals surface area contributed by atoms with E-state index in [2.05, 4.69) is 0 Å². The smallest absolute Gasteiger partial charge is 0.325 e. The highest BCUT2D eigenvalue weighted by Gasteiger charge is 2.42. The molecular formula is C24H31FN2O7S. The molecule has 35 heavy (non-hydrogen) atoms. The van der Waals surface area contributed by atoms with Crippen molar-refractivity contribution in [3.8, 4) is 0 Å². The van der Waals surface area contributed by atoms with Crippen LogP contribution in [-0.2, 0) is 30.9 Å². The van der Waals surface area contributed by atoms with Crippen molar-refractivity contribution in [1.82, 2.24) is 4.31 Å². The van der Waals surface area contributed by atoms with Crippen molar-refractivity contribution >= 4 is 21.7 Å². The first-order valence-corrected chi connectivity index (χ1v) is 12.8. The van der Waals surface area contributed by atoms with E-state index in [0.717, 1.165) is 22.0 Å². The highest BCUT2D eigenvalue weighted by Crippen LogP contribution is 2.30. The number of carbonyl (C=O) groups excluding carboxylic acids is 1. The minimum absolute atomic E-state index is 0.0566. The number of hydrogen-bond donors (Lipinski definition) is 0. The zero-order valence-electron chi connectivity index (χ0n) is 19.8. The predicted octanol–water partition coefficient (Wildman–Crippen LogP) is 4.12. The Balaban J connectivity index is 2.44. The number of ether oxygens (including phenoxy) is 2.